The van der Waals surface area contributed by atoms with Gasteiger partial charge in [-0.1, -0.05) is 43.7 Å². The van der Waals surface area contributed by atoms with Gasteiger partial charge in [0.1, 0.15) is 5.82 Å². The molecular formula is C31H43N5O2. The van der Waals surface area contributed by atoms with E-state index in [1.54, 1.807) is 7.11 Å². The molecule has 1 aliphatic heterocycles. The van der Waals surface area contributed by atoms with E-state index in [9.17, 15) is 4.79 Å². The molecule has 0 radical (unpaired) electrons. The van der Waals surface area contributed by atoms with E-state index in [1.807, 2.05) is 35.2 Å². The summed E-state index contributed by atoms with van der Waals surface area (Å²) in [6.07, 6.45) is 4.16. The van der Waals surface area contributed by atoms with Gasteiger partial charge in [-0.15, -0.1) is 0 Å². The van der Waals surface area contributed by atoms with Gasteiger partial charge in [0, 0.05) is 57.6 Å². The maximum atomic E-state index is 13.8. The van der Waals surface area contributed by atoms with Crippen molar-refractivity contribution in [1.82, 2.24) is 19.6 Å². The van der Waals surface area contributed by atoms with Crippen molar-refractivity contribution in [3.05, 3.63) is 77.0 Å². The number of carbonyl (C=O) groups excluding carboxylic acids is 1. The number of aromatic nitrogens is 2. The lowest BCUT2D eigenvalue weighted by atomic mass is 10.1. The largest absolute Gasteiger partial charge is 0.385 e. The number of anilines is 1. The summed E-state index contributed by atoms with van der Waals surface area (Å²) in [6.45, 7) is 9.88. The summed E-state index contributed by atoms with van der Waals surface area (Å²) in [4.78, 5) is 20.6. The van der Waals surface area contributed by atoms with Gasteiger partial charge in [-0.3, -0.25) is 4.79 Å². The fourth-order valence-electron chi connectivity index (χ4n) is 5.05. The molecule has 0 unspecified atom stereocenters. The van der Waals surface area contributed by atoms with Crippen molar-refractivity contribution in [2.45, 2.75) is 46.1 Å². The molecule has 2 aromatic carbocycles. The molecule has 0 spiro atoms. The average molecular weight is 518 g/mol. The van der Waals surface area contributed by atoms with Crippen molar-refractivity contribution in [1.29, 1.82) is 0 Å². The lowest BCUT2D eigenvalue weighted by molar-refractivity contribution is 0.0723. The van der Waals surface area contributed by atoms with Gasteiger partial charge in [0.05, 0.1) is 17.9 Å². The minimum atomic E-state index is 0.0549. The molecule has 1 aliphatic rings. The van der Waals surface area contributed by atoms with Crippen molar-refractivity contribution in [2.75, 3.05) is 58.4 Å². The first-order valence-corrected chi connectivity index (χ1v) is 14.0. The highest BCUT2D eigenvalue weighted by Crippen LogP contribution is 2.30. The van der Waals surface area contributed by atoms with E-state index in [1.165, 1.54) is 12.0 Å². The predicted octanol–water partition coefficient (Wildman–Crippen LogP) is 4.95. The highest BCUT2D eigenvalue weighted by molar-refractivity contribution is 5.94. The highest BCUT2D eigenvalue weighted by atomic mass is 16.5. The monoisotopic (exact) mass is 517 g/mol. The van der Waals surface area contributed by atoms with Crippen LogP contribution in [0.1, 0.15) is 53.4 Å². The van der Waals surface area contributed by atoms with Crippen LogP contribution in [0.25, 0.3) is 5.69 Å². The van der Waals surface area contributed by atoms with Crippen molar-refractivity contribution in [3.8, 4) is 5.69 Å². The number of rotatable bonds is 12. The number of carbonyl (C=O) groups is 1. The van der Waals surface area contributed by atoms with Crippen LogP contribution in [-0.4, -0.2) is 79.0 Å². The summed E-state index contributed by atoms with van der Waals surface area (Å²) in [6, 6.07) is 18.5. The number of benzene rings is 2. The van der Waals surface area contributed by atoms with Crippen LogP contribution in [0.4, 0.5) is 5.82 Å². The summed E-state index contributed by atoms with van der Waals surface area (Å²) >= 11 is 0. The molecule has 1 fully saturated rings. The topological polar surface area (TPSA) is 53.8 Å². The fourth-order valence-corrected chi connectivity index (χ4v) is 5.05. The summed E-state index contributed by atoms with van der Waals surface area (Å²) in [7, 11) is 3.88. The number of methoxy groups -OCH3 is 1. The zero-order valence-corrected chi connectivity index (χ0v) is 23.5. The molecular weight excluding hydrogens is 474 g/mol. The van der Waals surface area contributed by atoms with Crippen LogP contribution in [0.15, 0.2) is 54.6 Å². The second-order valence-electron chi connectivity index (χ2n) is 10.3. The molecule has 2 heterocycles. The van der Waals surface area contributed by atoms with Gasteiger partial charge < -0.3 is 19.4 Å². The zero-order chi connectivity index (χ0) is 26.9. The molecule has 1 amide bonds. The van der Waals surface area contributed by atoms with Gasteiger partial charge in [0.15, 0.2) is 0 Å². The molecule has 0 N–H and O–H groups in total. The van der Waals surface area contributed by atoms with Gasteiger partial charge in [-0.05, 0) is 63.1 Å². The number of aryl methyl sites for hydroxylation is 2. The van der Waals surface area contributed by atoms with Gasteiger partial charge in [-0.25, -0.2) is 4.68 Å². The maximum Gasteiger partial charge on any atom is 0.254 e. The summed E-state index contributed by atoms with van der Waals surface area (Å²) in [5.74, 6) is 1.15. The van der Waals surface area contributed by atoms with Crippen LogP contribution in [0.2, 0.25) is 0 Å². The molecule has 7 nitrogen and oxygen atoms in total. The maximum absolute atomic E-state index is 13.8. The summed E-state index contributed by atoms with van der Waals surface area (Å²) in [5, 5.41) is 5.00. The van der Waals surface area contributed by atoms with Crippen LogP contribution in [-0.2, 0) is 17.7 Å². The molecule has 7 heteroatoms. The first-order valence-electron chi connectivity index (χ1n) is 14.0. The molecule has 38 heavy (non-hydrogen) atoms. The van der Waals surface area contributed by atoms with Crippen molar-refractivity contribution in [2.24, 2.45) is 0 Å². The van der Waals surface area contributed by atoms with Gasteiger partial charge in [0.25, 0.3) is 5.91 Å². The van der Waals surface area contributed by atoms with Gasteiger partial charge in [0.2, 0.25) is 0 Å². The van der Waals surface area contributed by atoms with E-state index in [-0.39, 0.29) is 5.91 Å². The molecule has 1 aromatic heterocycles. The summed E-state index contributed by atoms with van der Waals surface area (Å²) in [5.41, 5.74) is 5.13. The molecule has 204 valence electrons. The number of amides is 1. The van der Waals surface area contributed by atoms with E-state index in [4.69, 9.17) is 9.84 Å². The lowest BCUT2D eigenvalue weighted by Gasteiger charge is -2.35. The molecule has 0 saturated carbocycles. The normalized spacial score (nSPS) is 14.2. The molecule has 0 atom stereocenters. The third-order valence-corrected chi connectivity index (χ3v) is 7.39. The van der Waals surface area contributed by atoms with E-state index in [0.29, 0.717) is 19.7 Å². The minimum Gasteiger partial charge on any atom is -0.385 e. The third-order valence-electron chi connectivity index (χ3n) is 7.39. The average Bonchev–Trinajstić information content (AvgIpc) is 3.27. The van der Waals surface area contributed by atoms with E-state index < -0.39 is 0 Å². The first-order chi connectivity index (χ1) is 18.5. The van der Waals surface area contributed by atoms with Crippen LogP contribution in [0.5, 0.6) is 0 Å². The molecule has 0 aliphatic carbocycles. The van der Waals surface area contributed by atoms with E-state index >= 15 is 0 Å². The molecule has 3 aromatic rings. The Morgan fingerprint density at radius 2 is 1.71 bits per heavy atom. The quantitative estimate of drug-likeness (QED) is 0.318. The molecule has 0 bridgehead atoms. The lowest BCUT2D eigenvalue weighted by Crippen LogP contribution is -2.45. The van der Waals surface area contributed by atoms with Gasteiger partial charge >= 0.3 is 0 Å². The van der Waals surface area contributed by atoms with Crippen molar-refractivity contribution < 1.29 is 9.53 Å². The predicted molar refractivity (Wildman–Crippen MR) is 154 cm³/mol. The van der Waals surface area contributed by atoms with Crippen LogP contribution < -0.4 is 4.90 Å². The number of nitrogens with zero attached hydrogens (tertiary/aromatic N) is 5. The standard InChI is InChI=1S/C31H43N5O2/c1-5-6-11-26-14-16-27(17-15-26)31(37)35(18-10-23-38-4)24-29-25(2)32-36(28-12-8-7-9-13-28)30(29)34-21-19-33(3)20-22-34/h7-9,12-17H,5-6,10-11,18-24H2,1-4H3. The third kappa shape index (κ3) is 6.83. The Morgan fingerprint density at radius 1 is 1.00 bits per heavy atom. The number of piperazine rings is 1. The Labute approximate surface area is 228 Å². The van der Waals surface area contributed by atoms with E-state index in [0.717, 1.165) is 73.8 Å². The minimum absolute atomic E-state index is 0.0549. The number of ether oxygens (including phenoxy) is 1. The summed E-state index contributed by atoms with van der Waals surface area (Å²) < 4.78 is 7.39. The Balaban J connectivity index is 1.67. The second kappa shape index (κ2) is 13.6. The van der Waals surface area contributed by atoms with Crippen LogP contribution >= 0.6 is 0 Å². The number of hydrogen-bond donors (Lipinski definition) is 0. The van der Waals surface area contributed by atoms with Crippen molar-refractivity contribution >= 4 is 11.7 Å². The SMILES string of the molecule is CCCCc1ccc(C(=O)N(CCCOC)Cc2c(C)nn(-c3ccccc3)c2N2CCN(C)CC2)cc1. The Bertz CT molecular complexity index is 1150. The molecule has 4 rings (SSSR count). The fraction of sp³-hybridized carbons (Fsp3) is 0.484. The van der Waals surface area contributed by atoms with E-state index in [2.05, 4.69) is 59.6 Å². The second-order valence-corrected chi connectivity index (χ2v) is 10.3. The van der Waals surface area contributed by atoms with Crippen molar-refractivity contribution in [3.63, 3.8) is 0 Å². The number of likely N-dealkylation sites (N-methyl/N-ethyl adjacent to an activating group) is 1. The highest BCUT2D eigenvalue weighted by Gasteiger charge is 2.27. The number of unbranched alkanes of at least 4 members (excludes halogenated alkanes) is 1. The van der Waals surface area contributed by atoms with Crippen LogP contribution in [0.3, 0.4) is 0 Å². The molecule has 1 saturated heterocycles. The Kier molecular flexibility index (Phi) is 9.96. The first kappa shape index (κ1) is 27.9. The number of hydrogen-bond acceptors (Lipinski definition) is 5. The Morgan fingerprint density at radius 3 is 2.37 bits per heavy atom. The Hall–Kier alpha value is -3.16. The smallest absolute Gasteiger partial charge is 0.254 e. The van der Waals surface area contributed by atoms with Gasteiger partial charge in [-0.2, -0.15) is 5.10 Å². The van der Waals surface area contributed by atoms with Crippen LogP contribution in [0, 0.1) is 6.92 Å². The number of para-hydroxylation sites is 1. The zero-order valence-electron chi connectivity index (χ0n) is 23.5.